The van der Waals surface area contributed by atoms with E-state index in [0.717, 1.165) is 18.5 Å². The van der Waals surface area contributed by atoms with E-state index in [1.165, 1.54) is 18.3 Å². The molecule has 0 radical (unpaired) electrons. The minimum atomic E-state index is -3.79. The highest BCUT2D eigenvalue weighted by molar-refractivity contribution is 7.89. The predicted molar refractivity (Wildman–Crippen MR) is 122 cm³/mol. The highest BCUT2D eigenvalue weighted by Gasteiger charge is 2.22. The number of carbonyl (C=O) groups excluding carboxylic acids is 2. The first kappa shape index (κ1) is 22.7. The van der Waals surface area contributed by atoms with Crippen molar-refractivity contribution in [2.24, 2.45) is 5.14 Å². The number of sulfonamides is 1. The molecule has 1 aromatic carbocycles. The zero-order valence-electron chi connectivity index (χ0n) is 18.2. The number of anilines is 1. The van der Waals surface area contributed by atoms with Gasteiger partial charge in [0.15, 0.2) is 6.61 Å². The van der Waals surface area contributed by atoms with Crippen molar-refractivity contribution in [1.29, 1.82) is 0 Å². The fourth-order valence-electron chi connectivity index (χ4n) is 3.56. The van der Waals surface area contributed by atoms with E-state index in [9.17, 15) is 18.0 Å². The van der Waals surface area contributed by atoms with Gasteiger partial charge in [0.1, 0.15) is 5.82 Å². The second kappa shape index (κ2) is 8.80. The van der Waals surface area contributed by atoms with E-state index in [-0.39, 0.29) is 16.2 Å². The van der Waals surface area contributed by atoms with Gasteiger partial charge in [-0.25, -0.2) is 23.3 Å². The molecular weight excluding hydrogens is 444 g/mol. The van der Waals surface area contributed by atoms with Gasteiger partial charge in [0.05, 0.1) is 10.5 Å². The Morgan fingerprint density at radius 1 is 1.15 bits per heavy atom. The fraction of sp³-hybridized carbons (Fsp3) is 0.261. The molecule has 3 N–H and O–H groups in total. The highest BCUT2D eigenvalue weighted by Crippen LogP contribution is 2.24. The zero-order chi connectivity index (χ0) is 23.8. The third-order valence-electron chi connectivity index (χ3n) is 5.42. The van der Waals surface area contributed by atoms with Crippen molar-refractivity contribution >= 4 is 27.6 Å². The summed E-state index contributed by atoms with van der Waals surface area (Å²) in [5, 5.41) is 8.39. The Hall–Kier alpha value is -3.50. The molecule has 3 aromatic rings. The summed E-state index contributed by atoms with van der Waals surface area (Å²) >= 11 is 0. The number of Topliss-reactive ketones (excluding diaryl/α,β-unsaturated/α-hetero) is 1. The summed E-state index contributed by atoms with van der Waals surface area (Å²) in [6.45, 7) is 3.19. The smallest absolute Gasteiger partial charge is 0.340 e. The molecule has 1 saturated carbocycles. The first-order valence-electron chi connectivity index (χ1n) is 10.4. The van der Waals surface area contributed by atoms with Crippen LogP contribution < -0.4 is 10.5 Å². The molecule has 0 unspecified atom stereocenters. The van der Waals surface area contributed by atoms with Crippen LogP contribution in [0.5, 0.6) is 0 Å². The maximum Gasteiger partial charge on any atom is 0.340 e. The van der Waals surface area contributed by atoms with E-state index in [1.54, 1.807) is 37.3 Å². The number of ketones is 1. The Balaban J connectivity index is 1.43. The standard InChI is InChI=1S/C23H24N4O5S/c1-14-11-20(15(2)27(14)18-6-8-19(9-7-18)33(24,30)31)21(28)13-32-23(29)16-3-10-22(25-12-16)26-17-4-5-17/h3,6-12,17H,4-5,13H2,1-2H3,(H,25,26)(H2,24,30,31). The third-order valence-corrected chi connectivity index (χ3v) is 6.35. The van der Waals surface area contributed by atoms with Crippen molar-refractivity contribution in [1.82, 2.24) is 9.55 Å². The Bertz CT molecular complexity index is 1310. The van der Waals surface area contributed by atoms with E-state index in [0.29, 0.717) is 28.8 Å². The van der Waals surface area contributed by atoms with Crippen LogP contribution in [0.15, 0.2) is 53.6 Å². The number of ether oxygens (including phenoxy) is 1. The average molecular weight is 469 g/mol. The molecule has 0 aliphatic heterocycles. The van der Waals surface area contributed by atoms with Gasteiger partial charge in [0, 0.05) is 34.9 Å². The lowest BCUT2D eigenvalue weighted by molar-refractivity contribution is 0.0474. The zero-order valence-corrected chi connectivity index (χ0v) is 19.1. The van der Waals surface area contributed by atoms with Crippen LogP contribution in [0.4, 0.5) is 5.82 Å². The lowest BCUT2D eigenvalue weighted by Crippen LogP contribution is -2.15. The maximum atomic E-state index is 12.8. The number of esters is 1. The van der Waals surface area contributed by atoms with Gasteiger partial charge in [0.25, 0.3) is 0 Å². The van der Waals surface area contributed by atoms with Crippen LogP contribution in [0, 0.1) is 13.8 Å². The average Bonchev–Trinajstić information content (AvgIpc) is 3.54. The van der Waals surface area contributed by atoms with Crippen molar-refractivity contribution < 1.29 is 22.7 Å². The van der Waals surface area contributed by atoms with E-state index >= 15 is 0 Å². The highest BCUT2D eigenvalue weighted by atomic mass is 32.2. The second-order valence-corrected chi connectivity index (χ2v) is 9.57. The van der Waals surface area contributed by atoms with Crippen molar-refractivity contribution in [3.8, 4) is 5.69 Å². The van der Waals surface area contributed by atoms with Gasteiger partial charge in [0.2, 0.25) is 15.8 Å². The molecule has 0 atom stereocenters. The summed E-state index contributed by atoms with van der Waals surface area (Å²) < 4.78 is 30.0. The molecular formula is C23H24N4O5S. The van der Waals surface area contributed by atoms with Gasteiger partial charge in [-0.2, -0.15) is 0 Å². The second-order valence-electron chi connectivity index (χ2n) is 8.01. The summed E-state index contributed by atoms with van der Waals surface area (Å²) in [5.74, 6) is -0.264. The molecule has 172 valence electrons. The van der Waals surface area contributed by atoms with E-state index in [1.807, 2.05) is 11.5 Å². The number of benzene rings is 1. The van der Waals surface area contributed by atoms with Crippen LogP contribution in [0.2, 0.25) is 0 Å². The van der Waals surface area contributed by atoms with Crippen LogP contribution in [-0.2, 0) is 14.8 Å². The number of hydrogen-bond acceptors (Lipinski definition) is 7. The van der Waals surface area contributed by atoms with E-state index in [2.05, 4.69) is 10.3 Å². The number of aromatic nitrogens is 2. The number of primary sulfonamides is 1. The number of nitrogens with one attached hydrogen (secondary N) is 1. The van der Waals surface area contributed by atoms with Gasteiger partial charge in [-0.15, -0.1) is 0 Å². The topological polar surface area (TPSA) is 133 Å². The summed E-state index contributed by atoms with van der Waals surface area (Å²) in [4.78, 5) is 29.3. The van der Waals surface area contributed by atoms with E-state index in [4.69, 9.17) is 9.88 Å². The van der Waals surface area contributed by atoms with Gasteiger partial charge in [-0.05, 0) is 69.2 Å². The number of nitrogens with zero attached hydrogens (tertiary/aromatic N) is 2. The Kier molecular flexibility index (Phi) is 6.05. The molecule has 0 amide bonds. The van der Waals surface area contributed by atoms with Crippen LogP contribution in [0.1, 0.15) is 44.9 Å². The molecule has 33 heavy (non-hydrogen) atoms. The number of rotatable bonds is 8. The van der Waals surface area contributed by atoms with Gasteiger partial charge < -0.3 is 14.6 Å². The van der Waals surface area contributed by atoms with Crippen LogP contribution in [0.3, 0.4) is 0 Å². The number of hydrogen-bond donors (Lipinski definition) is 2. The van der Waals surface area contributed by atoms with Crippen LogP contribution in [-0.4, -0.2) is 42.4 Å². The van der Waals surface area contributed by atoms with Crippen LogP contribution >= 0.6 is 0 Å². The normalized spacial score (nSPS) is 13.5. The summed E-state index contributed by atoms with van der Waals surface area (Å²) in [6.07, 6.45) is 3.67. The Morgan fingerprint density at radius 3 is 2.42 bits per heavy atom. The molecule has 0 spiro atoms. The quantitative estimate of drug-likeness (QED) is 0.383. The van der Waals surface area contributed by atoms with Crippen LogP contribution in [0.25, 0.3) is 5.69 Å². The molecule has 1 aliphatic carbocycles. The van der Waals surface area contributed by atoms with E-state index < -0.39 is 22.6 Å². The fourth-order valence-corrected chi connectivity index (χ4v) is 4.07. The lowest BCUT2D eigenvalue weighted by Gasteiger charge is -2.11. The summed E-state index contributed by atoms with van der Waals surface area (Å²) in [7, 11) is -3.79. The Labute approximate surface area is 191 Å². The van der Waals surface area contributed by atoms with Gasteiger partial charge >= 0.3 is 5.97 Å². The number of nitrogens with two attached hydrogens (primary N) is 1. The lowest BCUT2D eigenvalue weighted by atomic mass is 10.1. The van der Waals surface area contributed by atoms with Crippen molar-refractivity contribution in [2.75, 3.05) is 11.9 Å². The Morgan fingerprint density at radius 2 is 1.85 bits per heavy atom. The molecule has 1 aliphatic rings. The predicted octanol–water partition coefficient (Wildman–Crippen LogP) is 2.75. The molecule has 2 heterocycles. The molecule has 2 aromatic heterocycles. The molecule has 9 nitrogen and oxygen atoms in total. The number of carbonyl (C=O) groups is 2. The molecule has 0 bridgehead atoms. The minimum Gasteiger partial charge on any atom is -0.454 e. The summed E-state index contributed by atoms with van der Waals surface area (Å²) in [5.41, 5.74) is 2.78. The first-order valence-corrected chi connectivity index (χ1v) is 11.9. The minimum absolute atomic E-state index is 0.00256. The molecule has 1 fully saturated rings. The third kappa shape index (κ3) is 5.12. The number of pyridine rings is 1. The largest absolute Gasteiger partial charge is 0.454 e. The molecule has 10 heteroatoms. The monoisotopic (exact) mass is 468 g/mol. The summed E-state index contributed by atoms with van der Waals surface area (Å²) in [6, 6.07) is 11.5. The van der Waals surface area contributed by atoms with Crippen molar-refractivity contribution in [3.05, 3.63) is 71.2 Å². The van der Waals surface area contributed by atoms with Crippen molar-refractivity contribution in [3.63, 3.8) is 0 Å². The SMILES string of the molecule is Cc1cc(C(=O)COC(=O)c2ccc(NC3CC3)nc2)c(C)n1-c1ccc(S(N)(=O)=O)cc1. The van der Waals surface area contributed by atoms with Crippen molar-refractivity contribution in [2.45, 2.75) is 37.6 Å². The van der Waals surface area contributed by atoms with Gasteiger partial charge in [-0.1, -0.05) is 0 Å². The van der Waals surface area contributed by atoms with Gasteiger partial charge in [-0.3, -0.25) is 4.79 Å². The first-order chi connectivity index (χ1) is 15.6. The maximum absolute atomic E-state index is 12.8. The molecule has 4 rings (SSSR count). The number of aryl methyl sites for hydroxylation is 1. The molecule has 0 saturated heterocycles.